The second-order valence-electron chi connectivity index (χ2n) is 10.7. The zero-order valence-corrected chi connectivity index (χ0v) is 24.8. The highest BCUT2D eigenvalue weighted by atomic mass is 16.7. The summed E-state index contributed by atoms with van der Waals surface area (Å²) in [6.07, 6.45) is 4.70. The zero-order valence-electron chi connectivity index (χ0n) is 24.8. The van der Waals surface area contributed by atoms with E-state index >= 15 is 0 Å². The molecule has 7 heteroatoms. The van der Waals surface area contributed by atoms with Gasteiger partial charge >= 0.3 is 0 Å². The first kappa shape index (κ1) is 28.8. The number of aliphatic imine (C=N–C) groups is 1. The van der Waals surface area contributed by atoms with Crippen molar-refractivity contribution >= 4 is 22.6 Å². The Hall–Kier alpha value is -4.70. The molecule has 0 aliphatic heterocycles. The highest BCUT2D eigenvalue weighted by molar-refractivity contribution is 5.96. The van der Waals surface area contributed by atoms with Crippen LogP contribution in [0, 0.1) is 17.2 Å². The minimum atomic E-state index is 0.371. The minimum absolute atomic E-state index is 0.371. The molecule has 0 saturated heterocycles. The molecule has 1 heterocycles. The van der Waals surface area contributed by atoms with Crippen molar-refractivity contribution in [1.29, 1.82) is 5.26 Å². The minimum Gasteiger partial charge on any atom is -0.426 e. The number of anilines is 1. The van der Waals surface area contributed by atoms with Gasteiger partial charge in [0.2, 0.25) is 0 Å². The van der Waals surface area contributed by atoms with Crippen LogP contribution in [0.1, 0.15) is 44.2 Å². The van der Waals surface area contributed by atoms with Crippen molar-refractivity contribution in [2.45, 2.75) is 38.6 Å². The molecule has 0 bridgehead atoms. The topological polar surface area (TPSA) is 66.0 Å². The number of hydroxylamine groups is 1. The summed E-state index contributed by atoms with van der Waals surface area (Å²) >= 11 is 0. The summed E-state index contributed by atoms with van der Waals surface area (Å²) in [6.45, 7) is 9.73. The Morgan fingerprint density at radius 2 is 1.69 bits per heavy atom. The van der Waals surface area contributed by atoms with Gasteiger partial charge in [-0.05, 0) is 92.6 Å². The van der Waals surface area contributed by atoms with Crippen LogP contribution >= 0.6 is 0 Å². The molecule has 7 nitrogen and oxygen atoms in total. The summed E-state index contributed by atoms with van der Waals surface area (Å²) in [5.41, 5.74) is 4.72. The average Bonchev–Trinajstić information content (AvgIpc) is 3.99. The Morgan fingerprint density at radius 1 is 1.00 bits per heavy atom. The lowest BCUT2D eigenvalue weighted by molar-refractivity contribution is 0.273. The van der Waals surface area contributed by atoms with Crippen molar-refractivity contribution in [3.05, 3.63) is 91.5 Å². The van der Waals surface area contributed by atoms with E-state index in [1.165, 1.54) is 12.8 Å². The zero-order chi connectivity index (χ0) is 29.6. The Morgan fingerprint density at radius 3 is 2.29 bits per heavy atom. The van der Waals surface area contributed by atoms with E-state index in [-0.39, 0.29) is 0 Å². The van der Waals surface area contributed by atoms with Crippen molar-refractivity contribution in [3.8, 4) is 28.8 Å². The predicted molar refractivity (Wildman–Crippen MR) is 171 cm³/mol. The predicted octanol–water partition coefficient (Wildman–Crippen LogP) is 7.84. The monoisotopic (exact) mass is 561 g/mol. The molecule has 0 amide bonds. The third kappa shape index (κ3) is 6.13. The van der Waals surface area contributed by atoms with Crippen LogP contribution in [0.25, 0.3) is 22.2 Å². The van der Waals surface area contributed by atoms with Gasteiger partial charge in [0.25, 0.3) is 6.02 Å². The van der Waals surface area contributed by atoms with Gasteiger partial charge in [0, 0.05) is 38.1 Å². The molecule has 6 rings (SSSR count). The van der Waals surface area contributed by atoms with Crippen molar-refractivity contribution in [3.63, 3.8) is 0 Å². The van der Waals surface area contributed by atoms with Crippen molar-refractivity contribution in [2.75, 3.05) is 32.2 Å². The maximum absolute atomic E-state index is 10.3. The Labute approximate surface area is 248 Å². The van der Waals surface area contributed by atoms with Gasteiger partial charge in [-0.1, -0.05) is 18.2 Å². The number of amidine groups is 1. The third-order valence-electron chi connectivity index (χ3n) is 7.71. The first-order valence-corrected chi connectivity index (χ1v) is 14.6. The highest BCUT2D eigenvalue weighted by Gasteiger charge is 2.31. The van der Waals surface area contributed by atoms with E-state index in [1.807, 2.05) is 65.5 Å². The maximum atomic E-state index is 10.3. The van der Waals surface area contributed by atoms with Gasteiger partial charge in [-0.15, -0.1) is 13.2 Å². The molecule has 2 aliphatic rings. The summed E-state index contributed by atoms with van der Waals surface area (Å²) in [6, 6.07) is 27.8. The fraction of sp³-hybridized carbons (Fsp3) is 0.314. The molecule has 0 radical (unpaired) electrons. The molecule has 2 fully saturated rings. The number of benzene rings is 3. The number of hydrogen-bond donors (Lipinski definition) is 0. The molecule has 2 saturated carbocycles. The number of aromatic nitrogens is 1. The molecule has 2 aliphatic carbocycles. The number of nitriles is 1. The van der Waals surface area contributed by atoms with Gasteiger partial charge in [-0.2, -0.15) is 5.26 Å². The van der Waals surface area contributed by atoms with Crippen molar-refractivity contribution in [2.24, 2.45) is 10.9 Å². The van der Waals surface area contributed by atoms with Crippen LogP contribution in [0.3, 0.4) is 0 Å². The van der Waals surface area contributed by atoms with Gasteiger partial charge < -0.3 is 19.0 Å². The fourth-order valence-corrected chi connectivity index (χ4v) is 5.12. The lowest BCUT2D eigenvalue weighted by Gasteiger charge is -2.24. The second-order valence-corrected chi connectivity index (χ2v) is 10.7. The molecule has 0 spiro atoms. The quantitative estimate of drug-likeness (QED) is 0.0901. The summed E-state index contributed by atoms with van der Waals surface area (Å²) in [7, 11) is 3.69. The second kappa shape index (κ2) is 12.9. The van der Waals surface area contributed by atoms with Crippen LogP contribution in [0.5, 0.6) is 11.5 Å². The van der Waals surface area contributed by atoms with Gasteiger partial charge in [0.1, 0.15) is 11.8 Å². The Balaban J connectivity index is 0.00000173. The summed E-state index contributed by atoms with van der Waals surface area (Å²) in [4.78, 5) is 12.6. The molecule has 0 N–H and O–H groups in total. The van der Waals surface area contributed by atoms with Gasteiger partial charge in [-0.3, -0.25) is 0 Å². The van der Waals surface area contributed by atoms with Crippen molar-refractivity contribution in [1.82, 2.24) is 9.47 Å². The third-order valence-corrected chi connectivity index (χ3v) is 7.71. The summed E-state index contributed by atoms with van der Waals surface area (Å²) in [5.74, 6) is 2.18. The van der Waals surface area contributed by atoms with E-state index in [0.29, 0.717) is 29.3 Å². The van der Waals surface area contributed by atoms with Crippen LogP contribution in [-0.2, 0) is 0 Å². The van der Waals surface area contributed by atoms with Crippen LogP contribution in [0.15, 0.2) is 90.9 Å². The lowest BCUT2D eigenvalue weighted by atomic mass is 10.1. The van der Waals surface area contributed by atoms with E-state index < -0.39 is 0 Å². The van der Waals surface area contributed by atoms with E-state index in [0.717, 1.165) is 59.5 Å². The first-order valence-electron chi connectivity index (χ1n) is 14.6. The van der Waals surface area contributed by atoms with Crippen LogP contribution in [-0.4, -0.2) is 42.7 Å². The summed E-state index contributed by atoms with van der Waals surface area (Å²) < 4.78 is 8.47. The van der Waals surface area contributed by atoms with Gasteiger partial charge in [-0.25, -0.2) is 10.1 Å². The molecule has 4 aromatic rings. The molecule has 216 valence electrons. The van der Waals surface area contributed by atoms with Crippen molar-refractivity contribution < 1.29 is 9.57 Å². The van der Waals surface area contributed by atoms with Crippen LogP contribution in [0.4, 0.5) is 5.69 Å². The van der Waals surface area contributed by atoms with Crippen LogP contribution in [0.2, 0.25) is 0 Å². The normalized spacial score (nSPS) is 14.5. The molecule has 1 aromatic heterocycles. The smallest absolute Gasteiger partial charge is 0.292 e. The first-order chi connectivity index (χ1) is 20.6. The standard InChI is InChI=1S/C33H35N5O2.C2H4/c1-4-36(3)33(35-2)39-28-18-19-29-30(21-34)32(38(26-14-15-26)31(29)20-28)24-12-16-27(17-13-24)40-37(22-23-10-11-23)25-8-6-5-7-9-25;1-2/h5-9,12-13,16-20,23,26H,4,10-11,14-15,22H2,1-3H3;1-2H2. The Kier molecular flexibility index (Phi) is 8.83. The number of fused-ring (bicyclic) bond motifs is 1. The van der Waals surface area contributed by atoms with E-state index in [1.54, 1.807) is 7.05 Å². The molecular weight excluding hydrogens is 522 g/mol. The number of para-hydroxylation sites is 1. The van der Waals surface area contributed by atoms with Crippen LogP contribution < -0.4 is 14.6 Å². The lowest BCUT2D eigenvalue weighted by Crippen LogP contribution is -2.31. The largest absolute Gasteiger partial charge is 0.426 e. The number of hydrogen-bond acceptors (Lipinski definition) is 5. The molecule has 0 atom stereocenters. The Bertz CT molecular complexity index is 1580. The fourth-order valence-electron chi connectivity index (χ4n) is 5.12. The highest BCUT2D eigenvalue weighted by Crippen LogP contribution is 2.45. The van der Waals surface area contributed by atoms with Gasteiger partial charge in [0.15, 0.2) is 5.75 Å². The SMILES string of the molecule is C=C.CCN(C)C(=NC)Oc1ccc2c(C#N)c(-c3ccc(ON(CC4CC4)c4ccccc4)cc3)n(C3CC3)c2c1. The summed E-state index contributed by atoms with van der Waals surface area (Å²) in [5, 5.41) is 13.2. The van der Waals surface area contributed by atoms with E-state index in [9.17, 15) is 5.26 Å². The molecular formula is C35H39N5O2. The molecule has 0 unspecified atom stereocenters. The average molecular weight is 562 g/mol. The van der Waals surface area contributed by atoms with E-state index in [2.05, 4.69) is 60.0 Å². The number of nitrogens with zero attached hydrogens (tertiary/aromatic N) is 5. The number of ether oxygens (including phenoxy) is 1. The molecule has 42 heavy (non-hydrogen) atoms. The molecule has 3 aromatic carbocycles. The maximum Gasteiger partial charge on any atom is 0.292 e. The van der Waals surface area contributed by atoms with Gasteiger partial charge in [0.05, 0.1) is 29.0 Å². The number of rotatable bonds is 9. The van der Waals surface area contributed by atoms with E-state index in [4.69, 9.17) is 9.57 Å².